The molecule has 1 fully saturated rings. The Morgan fingerprint density at radius 1 is 1.23 bits per heavy atom. The van der Waals surface area contributed by atoms with Gasteiger partial charge >= 0.3 is 0 Å². The highest BCUT2D eigenvalue weighted by atomic mass is 19.1. The van der Waals surface area contributed by atoms with Crippen molar-refractivity contribution in [3.05, 3.63) is 65.6 Å². The highest BCUT2D eigenvalue weighted by Gasteiger charge is 2.26. The Kier molecular flexibility index (Phi) is 4.66. The number of hydrogen-bond acceptors (Lipinski definition) is 3. The average molecular weight is 355 g/mol. The van der Waals surface area contributed by atoms with Gasteiger partial charge < -0.3 is 19.1 Å². The number of rotatable bonds is 4. The van der Waals surface area contributed by atoms with Crippen LogP contribution in [0, 0.1) is 5.82 Å². The maximum Gasteiger partial charge on any atom is 0.132 e. The smallest absolute Gasteiger partial charge is 0.132 e. The number of benzene rings is 2. The zero-order valence-corrected chi connectivity index (χ0v) is 14.7. The molecule has 4 nitrogen and oxygen atoms in total. The summed E-state index contributed by atoms with van der Waals surface area (Å²) in [5, 5.41) is 10.6. The predicted molar refractivity (Wildman–Crippen MR) is 97.9 cm³/mol. The molecule has 26 heavy (non-hydrogen) atoms. The third kappa shape index (κ3) is 3.20. The largest absolute Gasteiger partial charge is 0.497 e. The first-order chi connectivity index (χ1) is 12.7. The first-order valence-electron chi connectivity index (χ1n) is 8.85. The zero-order valence-electron chi connectivity index (χ0n) is 14.7. The third-order valence-corrected chi connectivity index (χ3v) is 5.00. The van der Waals surface area contributed by atoms with Crippen LogP contribution < -0.4 is 4.74 Å². The normalized spacial score (nSPS) is 20.4. The van der Waals surface area contributed by atoms with Crippen molar-refractivity contribution in [2.24, 2.45) is 0 Å². The van der Waals surface area contributed by atoms with Crippen LogP contribution in [-0.4, -0.2) is 29.5 Å². The highest BCUT2D eigenvalue weighted by molar-refractivity contribution is 5.85. The van der Waals surface area contributed by atoms with Gasteiger partial charge in [-0.15, -0.1) is 0 Å². The third-order valence-electron chi connectivity index (χ3n) is 5.00. The van der Waals surface area contributed by atoms with Gasteiger partial charge in [-0.2, -0.15) is 0 Å². The molecule has 2 unspecified atom stereocenters. The molecule has 2 heterocycles. The van der Waals surface area contributed by atoms with Crippen LogP contribution in [0.2, 0.25) is 0 Å². The molecule has 0 radical (unpaired) electrons. The lowest BCUT2D eigenvalue weighted by Gasteiger charge is -2.26. The number of halogens is 1. The van der Waals surface area contributed by atoms with E-state index in [9.17, 15) is 9.50 Å². The van der Waals surface area contributed by atoms with Crippen molar-refractivity contribution in [3.63, 3.8) is 0 Å². The van der Waals surface area contributed by atoms with Gasteiger partial charge in [-0.3, -0.25) is 0 Å². The van der Waals surface area contributed by atoms with E-state index in [2.05, 4.69) is 0 Å². The lowest BCUT2D eigenvalue weighted by Crippen LogP contribution is -2.23. The van der Waals surface area contributed by atoms with Crippen LogP contribution in [0.3, 0.4) is 0 Å². The van der Waals surface area contributed by atoms with E-state index in [1.807, 2.05) is 41.1 Å². The van der Waals surface area contributed by atoms with Gasteiger partial charge in [0.2, 0.25) is 0 Å². The molecule has 1 aliphatic heterocycles. The molecule has 0 amide bonds. The Hall–Kier alpha value is -2.37. The Morgan fingerprint density at radius 3 is 2.77 bits per heavy atom. The van der Waals surface area contributed by atoms with Gasteiger partial charge in [0.1, 0.15) is 11.6 Å². The minimum absolute atomic E-state index is 0.255. The molecule has 2 aromatic carbocycles. The van der Waals surface area contributed by atoms with Crippen molar-refractivity contribution in [1.29, 1.82) is 0 Å². The summed E-state index contributed by atoms with van der Waals surface area (Å²) in [5.74, 6) is 0.553. The molecule has 1 N–H and O–H groups in total. The Bertz CT molecular complexity index is 904. The van der Waals surface area contributed by atoms with Crippen molar-refractivity contribution in [3.8, 4) is 5.75 Å². The summed E-state index contributed by atoms with van der Waals surface area (Å²) < 4.78 is 27.7. The molecule has 1 saturated heterocycles. The molecule has 1 aromatic heterocycles. The number of aliphatic hydroxyl groups excluding tert-OH is 1. The number of ether oxygens (including phenoxy) is 2. The molecule has 4 rings (SSSR count). The first kappa shape index (κ1) is 17.1. The van der Waals surface area contributed by atoms with Crippen molar-refractivity contribution < 1.29 is 19.0 Å². The summed E-state index contributed by atoms with van der Waals surface area (Å²) in [5.41, 5.74) is 2.74. The van der Waals surface area contributed by atoms with Gasteiger partial charge in [-0.25, -0.2) is 4.39 Å². The first-order valence-corrected chi connectivity index (χ1v) is 8.85. The van der Waals surface area contributed by atoms with E-state index >= 15 is 0 Å². The summed E-state index contributed by atoms with van der Waals surface area (Å²) in [6, 6.07) is 13.0. The van der Waals surface area contributed by atoms with E-state index in [4.69, 9.17) is 9.47 Å². The van der Waals surface area contributed by atoms with Gasteiger partial charge in [0.05, 0.1) is 24.8 Å². The molecule has 1 aliphatic rings. The van der Waals surface area contributed by atoms with Crippen LogP contribution in [0.25, 0.3) is 10.9 Å². The monoisotopic (exact) mass is 355 g/mol. The van der Waals surface area contributed by atoms with E-state index in [0.29, 0.717) is 31.4 Å². The second kappa shape index (κ2) is 7.09. The van der Waals surface area contributed by atoms with Crippen molar-refractivity contribution in [2.45, 2.75) is 31.6 Å². The maximum atomic E-state index is 14.6. The number of nitrogens with zero attached hydrogens (tertiary/aromatic N) is 1. The number of hydrogen-bond donors (Lipinski definition) is 1. The Morgan fingerprint density at radius 2 is 2.04 bits per heavy atom. The summed E-state index contributed by atoms with van der Waals surface area (Å²) in [6.45, 7) is 1.12. The number of fused-ring (bicyclic) bond motifs is 1. The van der Waals surface area contributed by atoms with Gasteiger partial charge in [0, 0.05) is 36.7 Å². The van der Waals surface area contributed by atoms with E-state index in [1.54, 1.807) is 13.2 Å². The fourth-order valence-corrected chi connectivity index (χ4v) is 3.64. The maximum absolute atomic E-state index is 14.6. The van der Waals surface area contributed by atoms with Crippen LogP contribution in [0.15, 0.2) is 48.7 Å². The Labute approximate surface area is 151 Å². The minimum Gasteiger partial charge on any atom is -0.497 e. The van der Waals surface area contributed by atoms with Crippen molar-refractivity contribution in [1.82, 2.24) is 4.57 Å². The van der Waals surface area contributed by atoms with Gasteiger partial charge in [0.15, 0.2) is 0 Å². The topological polar surface area (TPSA) is 43.6 Å². The molecule has 0 bridgehead atoms. The minimum atomic E-state index is -0.402. The summed E-state index contributed by atoms with van der Waals surface area (Å²) in [7, 11) is 1.64. The van der Waals surface area contributed by atoms with Gasteiger partial charge in [0.25, 0.3) is 0 Å². The summed E-state index contributed by atoms with van der Waals surface area (Å²) in [4.78, 5) is 0. The molecule has 2 atom stereocenters. The van der Waals surface area contributed by atoms with Crippen LogP contribution in [0.4, 0.5) is 4.39 Å². The fourth-order valence-electron chi connectivity index (χ4n) is 3.64. The standard InChI is InChI=1S/C21H22FNO3/c1-25-16-7-5-14(6-8-16)12-23-13-17(20-11-15(24)9-10-26-20)21-18(22)3-2-4-19(21)23/h2-8,13,15,20,24H,9-12H2,1H3. The van der Waals surface area contributed by atoms with E-state index in [0.717, 1.165) is 22.4 Å². The summed E-state index contributed by atoms with van der Waals surface area (Å²) >= 11 is 0. The van der Waals surface area contributed by atoms with Crippen LogP contribution in [0.1, 0.15) is 30.1 Å². The molecular formula is C21H22FNO3. The molecule has 5 heteroatoms. The molecule has 0 aliphatic carbocycles. The molecule has 136 valence electrons. The van der Waals surface area contributed by atoms with E-state index in [-0.39, 0.29) is 11.9 Å². The van der Waals surface area contributed by atoms with Crippen molar-refractivity contribution in [2.75, 3.05) is 13.7 Å². The molecule has 0 saturated carbocycles. The van der Waals surface area contributed by atoms with E-state index in [1.165, 1.54) is 6.07 Å². The second-order valence-corrected chi connectivity index (χ2v) is 6.73. The predicted octanol–water partition coefficient (Wildman–Crippen LogP) is 4.05. The average Bonchev–Trinajstić information content (AvgIpc) is 3.02. The lowest BCUT2D eigenvalue weighted by molar-refractivity contribution is -0.0442. The summed E-state index contributed by atoms with van der Waals surface area (Å²) in [6.07, 6.45) is 2.40. The second-order valence-electron chi connectivity index (χ2n) is 6.73. The molecule has 0 spiro atoms. The van der Waals surface area contributed by atoms with Crippen LogP contribution in [0.5, 0.6) is 5.75 Å². The van der Waals surface area contributed by atoms with Crippen LogP contribution in [-0.2, 0) is 11.3 Å². The number of methoxy groups -OCH3 is 1. The Balaban J connectivity index is 1.73. The van der Waals surface area contributed by atoms with Gasteiger partial charge in [-0.1, -0.05) is 18.2 Å². The van der Waals surface area contributed by atoms with Gasteiger partial charge in [-0.05, 0) is 36.2 Å². The molecule has 3 aromatic rings. The zero-order chi connectivity index (χ0) is 18.1. The lowest BCUT2D eigenvalue weighted by atomic mass is 9.99. The highest BCUT2D eigenvalue weighted by Crippen LogP contribution is 2.36. The SMILES string of the molecule is COc1ccc(Cn2cc(C3CC(O)CCO3)c3c(F)cccc32)cc1. The van der Waals surface area contributed by atoms with Crippen molar-refractivity contribution >= 4 is 10.9 Å². The number of aliphatic hydroxyl groups is 1. The fraction of sp³-hybridized carbons (Fsp3) is 0.333. The number of aromatic nitrogens is 1. The van der Waals surface area contributed by atoms with E-state index < -0.39 is 6.10 Å². The molecular weight excluding hydrogens is 333 g/mol. The quantitative estimate of drug-likeness (QED) is 0.768. The van der Waals surface area contributed by atoms with Crippen LogP contribution >= 0.6 is 0 Å².